The van der Waals surface area contributed by atoms with Gasteiger partial charge in [0, 0.05) is 18.7 Å². The van der Waals surface area contributed by atoms with Crippen LogP contribution in [0.4, 0.5) is 9.18 Å². The van der Waals surface area contributed by atoms with Crippen molar-refractivity contribution >= 4 is 12.0 Å². The number of piperidine rings is 1. The van der Waals surface area contributed by atoms with Crippen LogP contribution < -0.4 is 5.32 Å². The van der Waals surface area contributed by atoms with Crippen LogP contribution in [0.15, 0.2) is 48.5 Å². The summed E-state index contributed by atoms with van der Waals surface area (Å²) in [5, 5.41) is 3.10. The van der Waals surface area contributed by atoms with Gasteiger partial charge in [0.2, 0.25) is 0 Å². The SMILES string of the molecule is Cc1ccc(C(=O)NC(CC2CCN(C(=O)OC(C)(C)C)CC2)c2ccccc2)cc1F. The van der Waals surface area contributed by atoms with Gasteiger partial charge in [0.25, 0.3) is 5.91 Å². The molecule has 0 spiro atoms. The van der Waals surface area contributed by atoms with E-state index in [1.807, 2.05) is 51.1 Å². The molecule has 1 saturated heterocycles. The van der Waals surface area contributed by atoms with E-state index in [-0.39, 0.29) is 23.9 Å². The third-order valence-corrected chi connectivity index (χ3v) is 5.78. The maximum absolute atomic E-state index is 14.0. The second-order valence-electron chi connectivity index (χ2n) is 9.55. The maximum atomic E-state index is 14.0. The molecule has 2 aromatic carbocycles. The molecule has 1 N–H and O–H groups in total. The highest BCUT2D eigenvalue weighted by molar-refractivity contribution is 5.94. The first kappa shape index (κ1) is 23.8. The van der Waals surface area contributed by atoms with Crippen LogP contribution in [0.3, 0.4) is 0 Å². The Morgan fingerprint density at radius 3 is 2.38 bits per heavy atom. The number of nitrogens with one attached hydrogen (secondary N) is 1. The zero-order valence-electron chi connectivity index (χ0n) is 19.4. The molecule has 1 aliphatic heterocycles. The lowest BCUT2D eigenvalue weighted by atomic mass is 9.87. The van der Waals surface area contributed by atoms with Crippen molar-refractivity contribution in [2.75, 3.05) is 13.1 Å². The van der Waals surface area contributed by atoms with Crippen molar-refractivity contribution in [2.45, 2.75) is 58.6 Å². The lowest BCUT2D eigenvalue weighted by molar-refractivity contribution is 0.0178. The summed E-state index contributed by atoms with van der Waals surface area (Å²) < 4.78 is 19.4. The molecule has 1 fully saturated rings. The molecular weight excluding hydrogens is 407 g/mol. The van der Waals surface area contributed by atoms with Crippen LogP contribution >= 0.6 is 0 Å². The molecule has 1 unspecified atom stereocenters. The van der Waals surface area contributed by atoms with Crippen molar-refractivity contribution in [2.24, 2.45) is 5.92 Å². The van der Waals surface area contributed by atoms with Gasteiger partial charge in [0.15, 0.2) is 0 Å². The zero-order valence-corrected chi connectivity index (χ0v) is 19.4. The minimum atomic E-state index is -0.508. The minimum absolute atomic E-state index is 0.189. The van der Waals surface area contributed by atoms with E-state index in [0.29, 0.717) is 30.1 Å². The first-order valence-corrected chi connectivity index (χ1v) is 11.2. The topological polar surface area (TPSA) is 58.6 Å². The molecule has 0 aliphatic carbocycles. The van der Waals surface area contributed by atoms with E-state index in [1.54, 1.807) is 24.0 Å². The van der Waals surface area contributed by atoms with Crippen LogP contribution in [0, 0.1) is 18.7 Å². The van der Waals surface area contributed by atoms with Crippen molar-refractivity contribution in [1.82, 2.24) is 10.2 Å². The number of halogens is 1. The van der Waals surface area contributed by atoms with Crippen LogP contribution in [-0.4, -0.2) is 35.6 Å². The molecule has 0 radical (unpaired) electrons. The van der Waals surface area contributed by atoms with Gasteiger partial charge in [-0.05, 0) is 76.1 Å². The van der Waals surface area contributed by atoms with E-state index >= 15 is 0 Å². The Hall–Kier alpha value is -2.89. The van der Waals surface area contributed by atoms with E-state index in [2.05, 4.69) is 5.32 Å². The largest absolute Gasteiger partial charge is 0.444 e. The van der Waals surface area contributed by atoms with Crippen LogP contribution in [0.25, 0.3) is 0 Å². The molecule has 32 heavy (non-hydrogen) atoms. The van der Waals surface area contributed by atoms with Gasteiger partial charge in [-0.3, -0.25) is 4.79 Å². The molecule has 1 heterocycles. The van der Waals surface area contributed by atoms with Gasteiger partial charge < -0.3 is 15.0 Å². The highest BCUT2D eigenvalue weighted by Crippen LogP contribution is 2.29. The first-order chi connectivity index (χ1) is 15.1. The standard InChI is InChI=1S/C26H33FN2O3/c1-18-10-11-21(17-22(18)27)24(30)28-23(20-8-6-5-7-9-20)16-19-12-14-29(15-13-19)25(31)32-26(2,3)4/h5-11,17,19,23H,12-16H2,1-4H3,(H,28,30). The smallest absolute Gasteiger partial charge is 0.410 e. The van der Waals surface area contributed by atoms with Crippen LogP contribution in [0.5, 0.6) is 0 Å². The van der Waals surface area contributed by atoms with E-state index in [4.69, 9.17) is 4.74 Å². The predicted octanol–water partition coefficient (Wildman–Crippen LogP) is 5.64. The Morgan fingerprint density at radius 2 is 1.78 bits per heavy atom. The second-order valence-corrected chi connectivity index (χ2v) is 9.55. The fourth-order valence-corrected chi connectivity index (χ4v) is 3.95. The van der Waals surface area contributed by atoms with E-state index in [9.17, 15) is 14.0 Å². The monoisotopic (exact) mass is 440 g/mol. The average Bonchev–Trinajstić information content (AvgIpc) is 2.75. The Morgan fingerprint density at radius 1 is 1.12 bits per heavy atom. The van der Waals surface area contributed by atoms with Gasteiger partial charge >= 0.3 is 6.09 Å². The molecule has 172 valence electrons. The number of hydrogen-bond acceptors (Lipinski definition) is 3. The molecule has 0 saturated carbocycles. The first-order valence-electron chi connectivity index (χ1n) is 11.2. The van der Waals surface area contributed by atoms with Crippen molar-refractivity contribution in [3.8, 4) is 0 Å². The molecule has 2 aromatic rings. The summed E-state index contributed by atoms with van der Waals surface area (Å²) in [6, 6.07) is 14.2. The second kappa shape index (κ2) is 10.2. The molecule has 1 aliphatic rings. The minimum Gasteiger partial charge on any atom is -0.444 e. The highest BCUT2D eigenvalue weighted by atomic mass is 19.1. The molecule has 1 atom stereocenters. The van der Waals surface area contributed by atoms with E-state index in [0.717, 1.165) is 24.8 Å². The number of amides is 2. The molecule has 0 bridgehead atoms. The van der Waals surface area contributed by atoms with Crippen LogP contribution in [0.2, 0.25) is 0 Å². The summed E-state index contributed by atoms with van der Waals surface area (Å²) in [5.41, 5.74) is 1.33. The number of ether oxygens (including phenoxy) is 1. The summed E-state index contributed by atoms with van der Waals surface area (Å²) in [7, 11) is 0. The summed E-state index contributed by atoms with van der Waals surface area (Å²) >= 11 is 0. The molecule has 5 nitrogen and oxygen atoms in total. The Kier molecular flexibility index (Phi) is 7.54. The average molecular weight is 441 g/mol. The molecular formula is C26H33FN2O3. The molecule has 3 rings (SSSR count). The summed E-state index contributed by atoms with van der Waals surface area (Å²) in [5.74, 6) is -0.318. The van der Waals surface area contributed by atoms with Crippen molar-refractivity contribution in [1.29, 1.82) is 0 Å². The number of hydrogen-bond donors (Lipinski definition) is 1. The Bertz CT molecular complexity index is 932. The summed E-state index contributed by atoms with van der Waals surface area (Å²) in [4.78, 5) is 27.0. The molecule has 2 amide bonds. The number of aryl methyl sites for hydroxylation is 1. The van der Waals surface area contributed by atoms with Gasteiger partial charge in [0.05, 0.1) is 6.04 Å². The number of rotatable bonds is 5. The quantitative estimate of drug-likeness (QED) is 0.654. The zero-order chi connectivity index (χ0) is 23.3. The number of carbonyl (C=O) groups excluding carboxylic acids is 2. The lowest BCUT2D eigenvalue weighted by Gasteiger charge is -2.35. The van der Waals surface area contributed by atoms with Gasteiger partial charge in [-0.25, -0.2) is 9.18 Å². The highest BCUT2D eigenvalue weighted by Gasteiger charge is 2.29. The van der Waals surface area contributed by atoms with Gasteiger partial charge in [-0.15, -0.1) is 0 Å². The number of carbonyl (C=O) groups is 2. The van der Waals surface area contributed by atoms with Crippen molar-refractivity contribution < 1.29 is 18.7 Å². The van der Waals surface area contributed by atoms with Gasteiger partial charge in [0.1, 0.15) is 11.4 Å². The fourth-order valence-electron chi connectivity index (χ4n) is 3.95. The normalized spacial score (nSPS) is 15.8. The fraction of sp³-hybridized carbons (Fsp3) is 0.462. The third-order valence-electron chi connectivity index (χ3n) is 5.78. The van der Waals surface area contributed by atoms with E-state index < -0.39 is 5.60 Å². The summed E-state index contributed by atoms with van der Waals surface area (Å²) in [6.45, 7) is 8.55. The van der Waals surface area contributed by atoms with Crippen molar-refractivity contribution in [3.63, 3.8) is 0 Å². The molecule has 6 heteroatoms. The van der Waals surface area contributed by atoms with Gasteiger partial charge in [-0.2, -0.15) is 0 Å². The predicted molar refractivity (Wildman–Crippen MR) is 123 cm³/mol. The number of nitrogens with zero attached hydrogens (tertiary/aromatic N) is 1. The third kappa shape index (κ3) is 6.55. The number of benzene rings is 2. The maximum Gasteiger partial charge on any atom is 0.410 e. The van der Waals surface area contributed by atoms with Crippen LogP contribution in [-0.2, 0) is 4.74 Å². The Labute approximate surface area is 190 Å². The van der Waals surface area contributed by atoms with E-state index in [1.165, 1.54) is 6.07 Å². The van der Waals surface area contributed by atoms with Crippen LogP contribution in [0.1, 0.15) is 67.6 Å². The Balaban J connectivity index is 1.65. The lowest BCUT2D eigenvalue weighted by Crippen LogP contribution is -2.42. The summed E-state index contributed by atoms with van der Waals surface area (Å²) in [6.07, 6.45) is 2.17. The molecule has 0 aromatic heterocycles. The van der Waals surface area contributed by atoms with Gasteiger partial charge in [-0.1, -0.05) is 36.4 Å². The van der Waals surface area contributed by atoms with Crippen molar-refractivity contribution in [3.05, 3.63) is 71.0 Å². The number of likely N-dealkylation sites (tertiary alicyclic amines) is 1.